The first-order valence-electron chi connectivity index (χ1n) is 8.19. The molecule has 0 radical (unpaired) electrons. The molecule has 2 rings (SSSR count). The summed E-state index contributed by atoms with van der Waals surface area (Å²) in [7, 11) is 0. The summed E-state index contributed by atoms with van der Waals surface area (Å²) in [6.07, 6.45) is 3.67. The Kier molecular flexibility index (Phi) is 5.08. The SMILES string of the molecule is CC1CCCC(NC(=O)C(C)(C)N2CCNCC2)C1C. The maximum Gasteiger partial charge on any atom is 0.240 e. The second-order valence-corrected chi connectivity index (χ2v) is 7.14. The molecule has 1 aliphatic carbocycles. The predicted molar refractivity (Wildman–Crippen MR) is 82.6 cm³/mol. The summed E-state index contributed by atoms with van der Waals surface area (Å²) in [5.41, 5.74) is -0.400. The van der Waals surface area contributed by atoms with Gasteiger partial charge in [-0.05, 0) is 32.1 Å². The third-order valence-corrected chi connectivity index (χ3v) is 5.49. The highest BCUT2D eigenvalue weighted by molar-refractivity contribution is 5.85. The molecule has 1 saturated carbocycles. The zero-order valence-electron chi connectivity index (χ0n) is 13.5. The van der Waals surface area contributed by atoms with E-state index in [0.717, 1.165) is 38.5 Å². The van der Waals surface area contributed by atoms with E-state index in [1.54, 1.807) is 0 Å². The lowest BCUT2D eigenvalue weighted by Gasteiger charge is -2.42. The summed E-state index contributed by atoms with van der Waals surface area (Å²) in [5, 5.41) is 6.68. The van der Waals surface area contributed by atoms with E-state index in [1.807, 2.05) is 0 Å². The number of nitrogens with one attached hydrogen (secondary N) is 2. The Labute approximate surface area is 123 Å². The van der Waals surface area contributed by atoms with Crippen LogP contribution in [-0.2, 0) is 4.79 Å². The standard InChI is InChI=1S/C16H31N3O/c1-12-6-5-7-14(13(12)2)18-15(20)16(3,4)19-10-8-17-9-11-19/h12-14,17H,5-11H2,1-4H3,(H,18,20). The van der Waals surface area contributed by atoms with Crippen LogP contribution in [0.15, 0.2) is 0 Å². The van der Waals surface area contributed by atoms with Gasteiger partial charge < -0.3 is 10.6 Å². The summed E-state index contributed by atoms with van der Waals surface area (Å²) < 4.78 is 0. The molecule has 116 valence electrons. The lowest BCUT2D eigenvalue weighted by atomic mass is 9.78. The Morgan fingerprint density at radius 2 is 1.85 bits per heavy atom. The third-order valence-electron chi connectivity index (χ3n) is 5.49. The van der Waals surface area contributed by atoms with Crippen LogP contribution in [0.5, 0.6) is 0 Å². The molecule has 1 aliphatic heterocycles. The molecule has 0 spiro atoms. The first-order chi connectivity index (χ1) is 9.43. The minimum atomic E-state index is -0.400. The first-order valence-corrected chi connectivity index (χ1v) is 8.19. The number of piperazine rings is 1. The van der Waals surface area contributed by atoms with E-state index in [2.05, 4.69) is 43.2 Å². The van der Waals surface area contributed by atoms with Crippen molar-refractivity contribution >= 4 is 5.91 Å². The summed E-state index contributed by atoms with van der Waals surface area (Å²) in [6.45, 7) is 12.6. The van der Waals surface area contributed by atoms with Gasteiger partial charge in [0.2, 0.25) is 5.91 Å². The number of nitrogens with zero attached hydrogens (tertiary/aromatic N) is 1. The molecule has 3 unspecified atom stereocenters. The molecule has 2 N–H and O–H groups in total. The zero-order valence-corrected chi connectivity index (χ0v) is 13.5. The van der Waals surface area contributed by atoms with Crippen LogP contribution >= 0.6 is 0 Å². The number of carbonyl (C=O) groups is 1. The molecule has 3 atom stereocenters. The minimum Gasteiger partial charge on any atom is -0.351 e. The fourth-order valence-corrected chi connectivity index (χ4v) is 3.50. The Morgan fingerprint density at radius 1 is 1.20 bits per heavy atom. The minimum absolute atomic E-state index is 0.199. The van der Waals surface area contributed by atoms with E-state index in [1.165, 1.54) is 12.8 Å². The van der Waals surface area contributed by atoms with Crippen molar-refractivity contribution in [3.05, 3.63) is 0 Å². The van der Waals surface area contributed by atoms with Gasteiger partial charge in [0.15, 0.2) is 0 Å². The van der Waals surface area contributed by atoms with Gasteiger partial charge in [-0.15, -0.1) is 0 Å². The van der Waals surface area contributed by atoms with Gasteiger partial charge in [0.25, 0.3) is 0 Å². The molecule has 1 saturated heterocycles. The van der Waals surface area contributed by atoms with Crippen molar-refractivity contribution in [2.45, 2.75) is 58.5 Å². The average molecular weight is 281 g/mol. The lowest BCUT2D eigenvalue weighted by molar-refractivity contribution is -0.133. The van der Waals surface area contributed by atoms with Gasteiger partial charge in [-0.2, -0.15) is 0 Å². The van der Waals surface area contributed by atoms with E-state index < -0.39 is 5.54 Å². The van der Waals surface area contributed by atoms with Gasteiger partial charge in [-0.3, -0.25) is 9.69 Å². The average Bonchev–Trinajstić information content (AvgIpc) is 2.44. The van der Waals surface area contributed by atoms with E-state index in [4.69, 9.17) is 0 Å². The maximum absolute atomic E-state index is 12.7. The van der Waals surface area contributed by atoms with Crippen molar-refractivity contribution < 1.29 is 4.79 Å². The smallest absolute Gasteiger partial charge is 0.240 e. The highest BCUT2D eigenvalue weighted by atomic mass is 16.2. The largest absolute Gasteiger partial charge is 0.351 e. The van der Waals surface area contributed by atoms with E-state index >= 15 is 0 Å². The van der Waals surface area contributed by atoms with Crippen LogP contribution in [0.4, 0.5) is 0 Å². The highest BCUT2D eigenvalue weighted by Gasteiger charge is 2.37. The molecule has 2 fully saturated rings. The summed E-state index contributed by atoms with van der Waals surface area (Å²) in [5.74, 6) is 1.51. The van der Waals surface area contributed by atoms with Crippen molar-refractivity contribution in [3.63, 3.8) is 0 Å². The Morgan fingerprint density at radius 3 is 2.50 bits per heavy atom. The fraction of sp³-hybridized carbons (Fsp3) is 0.938. The number of hydrogen-bond acceptors (Lipinski definition) is 3. The third kappa shape index (κ3) is 3.34. The summed E-state index contributed by atoms with van der Waals surface area (Å²) in [6, 6.07) is 0.355. The maximum atomic E-state index is 12.7. The van der Waals surface area contributed by atoms with Gasteiger partial charge in [0.1, 0.15) is 0 Å². The number of amides is 1. The molecular weight excluding hydrogens is 250 g/mol. The highest BCUT2D eigenvalue weighted by Crippen LogP contribution is 2.30. The molecule has 0 bridgehead atoms. The predicted octanol–water partition coefficient (Wildman–Crippen LogP) is 1.61. The van der Waals surface area contributed by atoms with Crippen LogP contribution < -0.4 is 10.6 Å². The van der Waals surface area contributed by atoms with Crippen LogP contribution in [-0.4, -0.2) is 48.6 Å². The van der Waals surface area contributed by atoms with E-state index in [-0.39, 0.29) is 5.91 Å². The lowest BCUT2D eigenvalue weighted by Crippen LogP contribution is -2.61. The van der Waals surface area contributed by atoms with E-state index in [0.29, 0.717) is 12.0 Å². The van der Waals surface area contributed by atoms with Crippen molar-refractivity contribution in [1.29, 1.82) is 0 Å². The van der Waals surface area contributed by atoms with Crippen LogP contribution in [0.3, 0.4) is 0 Å². The molecule has 0 aromatic rings. The molecule has 1 heterocycles. The Balaban J connectivity index is 1.95. The van der Waals surface area contributed by atoms with Crippen LogP contribution in [0.2, 0.25) is 0 Å². The van der Waals surface area contributed by atoms with Gasteiger partial charge in [0, 0.05) is 32.2 Å². The van der Waals surface area contributed by atoms with Crippen LogP contribution in [0.25, 0.3) is 0 Å². The summed E-state index contributed by atoms with van der Waals surface area (Å²) >= 11 is 0. The second kappa shape index (κ2) is 6.44. The molecule has 4 heteroatoms. The van der Waals surface area contributed by atoms with E-state index in [9.17, 15) is 4.79 Å². The van der Waals surface area contributed by atoms with Crippen LogP contribution in [0, 0.1) is 11.8 Å². The molecule has 0 aromatic heterocycles. The van der Waals surface area contributed by atoms with Gasteiger partial charge >= 0.3 is 0 Å². The quantitative estimate of drug-likeness (QED) is 0.826. The number of hydrogen-bond donors (Lipinski definition) is 2. The topological polar surface area (TPSA) is 44.4 Å². The fourth-order valence-electron chi connectivity index (χ4n) is 3.50. The Bertz CT molecular complexity index is 337. The monoisotopic (exact) mass is 281 g/mol. The van der Waals surface area contributed by atoms with Crippen molar-refractivity contribution in [1.82, 2.24) is 15.5 Å². The second-order valence-electron chi connectivity index (χ2n) is 7.14. The first kappa shape index (κ1) is 15.8. The van der Waals surface area contributed by atoms with Crippen LogP contribution in [0.1, 0.15) is 47.0 Å². The molecule has 0 aromatic carbocycles. The van der Waals surface area contributed by atoms with Crippen molar-refractivity contribution in [2.24, 2.45) is 11.8 Å². The molecule has 4 nitrogen and oxygen atoms in total. The normalized spacial score (nSPS) is 32.9. The zero-order chi connectivity index (χ0) is 14.8. The Hall–Kier alpha value is -0.610. The van der Waals surface area contributed by atoms with Gasteiger partial charge in [-0.25, -0.2) is 0 Å². The molecule has 2 aliphatic rings. The van der Waals surface area contributed by atoms with Crippen molar-refractivity contribution in [3.8, 4) is 0 Å². The summed E-state index contributed by atoms with van der Waals surface area (Å²) in [4.78, 5) is 15.0. The van der Waals surface area contributed by atoms with Crippen molar-refractivity contribution in [2.75, 3.05) is 26.2 Å². The van der Waals surface area contributed by atoms with Gasteiger partial charge in [0.05, 0.1) is 5.54 Å². The number of carbonyl (C=O) groups excluding carboxylic acids is 1. The molecule has 20 heavy (non-hydrogen) atoms. The molecular formula is C16H31N3O. The number of rotatable bonds is 3. The van der Waals surface area contributed by atoms with Gasteiger partial charge in [-0.1, -0.05) is 26.7 Å². The molecule has 1 amide bonds.